The molecule has 0 N–H and O–H groups in total. The lowest BCUT2D eigenvalue weighted by atomic mass is 10.5. The molecule has 0 unspecified atom stereocenters. The van der Waals surface area contributed by atoms with Gasteiger partial charge in [-0.3, -0.25) is 4.79 Å². The van der Waals surface area contributed by atoms with E-state index in [9.17, 15) is 4.79 Å². The van der Waals surface area contributed by atoms with Crippen LogP contribution in [0, 0.1) is 0 Å². The van der Waals surface area contributed by atoms with E-state index in [4.69, 9.17) is 28.4 Å². The molecule has 0 rings (SSSR count). The highest BCUT2D eigenvalue weighted by atomic mass is 16.6. The molecule has 0 bridgehead atoms. The van der Waals surface area contributed by atoms with Crippen molar-refractivity contribution in [2.45, 2.75) is 6.42 Å². The van der Waals surface area contributed by atoms with E-state index in [-0.39, 0.29) is 12.4 Å². The van der Waals surface area contributed by atoms with Gasteiger partial charge in [0.25, 0.3) is 0 Å². The van der Waals surface area contributed by atoms with Gasteiger partial charge in [-0.1, -0.05) is 6.08 Å². The van der Waals surface area contributed by atoms with Crippen LogP contribution in [0.25, 0.3) is 0 Å². The van der Waals surface area contributed by atoms with Crippen molar-refractivity contribution in [3.05, 3.63) is 12.7 Å². The first-order valence-electron chi connectivity index (χ1n) is 8.45. The summed E-state index contributed by atoms with van der Waals surface area (Å²) in [5.74, 6) is -0.277. The highest BCUT2D eigenvalue weighted by Gasteiger charge is 1.99. The molecule has 0 aliphatic rings. The molecule has 148 valence electrons. The van der Waals surface area contributed by atoms with Crippen LogP contribution in [0.3, 0.4) is 0 Å². The summed E-state index contributed by atoms with van der Waals surface area (Å²) in [5.41, 5.74) is 0. The normalized spacial score (nSPS) is 10.8. The van der Waals surface area contributed by atoms with Gasteiger partial charge in [0, 0.05) is 0 Å². The lowest BCUT2D eigenvalue weighted by Crippen LogP contribution is -2.14. The van der Waals surface area contributed by atoms with Crippen LogP contribution in [-0.2, 0) is 38.0 Å². The zero-order chi connectivity index (χ0) is 18.4. The third-order valence-electron chi connectivity index (χ3n) is 2.77. The summed E-state index contributed by atoms with van der Waals surface area (Å²) in [6.45, 7) is 9.57. The van der Waals surface area contributed by atoms with Gasteiger partial charge in [-0.15, -0.1) is 6.58 Å². The van der Waals surface area contributed by atoms with E-state index in [1.807, 2.05) is 0 Å². The number of ether oxygens (including phenoxy) is 7. The molecule has 8 heteroatoms. The molecule has 0 heterocycles. The molecule has 0 atom stereocenters. The fourth-order valence-electron chi connectivity index (χ4n) is 1.52. The Labute approximate surface area is 150 Å². The van der Waals surface area contributed by atoms with Crippen LogP contribution in [0.4, 0.5) is 0 Å². The van der Waals surface area contributed by atoms with Crippen LogP contribution in [0.5, 0.6) is 0 Å². The molecule has 0 saturated carbocycles. The number of hydrogen-bond donors (Lipinski definition) is 0. The average molecular weight is 364 g/mol. The number of methoxy groups -OCH3 is 1. The first kappa shape index (κ1) is 24.0. The van der Waals surface area contributed by atoms with Gasteiger partial charge in [0.05, 0.1) is 92.8 Å². The minimum atomic E-state index is -0.277. The maximum atomic E-state index is 10.8. The molecular weight excluding hydrogens is 332 g/mol. The van der Waals surface area contributed by atoms with Crippen molar-refractivity contribution < 1.29 is 38.0 Å². The van der Waals surface area contributed by atoms with E-state index in [2.05, 4.69) is 11.3 Å². The first-order valence-corrected chi connectivity index (χ1v) is 8.45. The van der Waals surface area contributed by atoms with Gasteiger partial charge in [-0.2, -0.15) is 0 Å². The second-order valence-electron chi connectivity index (χ2n) is 4.75. The van der Waals surface area contributed by atoms with Crippen molar-refractivity contribution in [2.75, 3.05) is 86.4 Å². The van der Waals surface area contributed by atoms with E-state index >= 15 is 0 Å². The van der Waals surface area contributed by atoms with E-state index in [1.165, 1.54) is 7.11 Å². The van der Waals surface area contributed by atoms with Crippen LogP contribution in [0.1, 0.15) is 6.42 Å². The molecule has 0 fully saturated rings. The van der Waals surface area contributed by atoms with Gasteiger partial charge in [0.15, 0.2) is 0 Å². The number of rotatable bonds is 20. The molecule has 0 aliphatic heterocycles. The molecule has 25 heavy (non-hydrogen) atoms. The molecule has 8 nitrogen and oxygen atoms in total. The van der Waals surface area contributed by atoms with Crippen LogP contribution in [0.15, 0.2) is 12.7 Å². The highest BCUT2D eigenvalue weighted by Crippen LogP contribution is 1.87. The van der Waals surface area contributed by atoms with Crippen molar-refractivity contribution in [1.29, 1.82) is 0 Å². The van der Waals surface area contributed by atoms with E-state index in [1.54, 1.807) is 6.08 Å². The summed E-state index contributed by atoms with van der Waals surface area (Å²) in [6.07, 6.45) is 1.96. The van der Waals surface area contributed by atoms with Crippen LogP contribution < -0.4 is 0 Å². The van der Waals surface area contributed by atoms with E-state index < -0.39 is 0 Å². The highest BCUT2D eigenvalue weighted by molar-refractivity contribution is 5.69. The Hall–Kier alpha value is -1.03. The fraction of sp³-hybridized carbons (Fsp3) is 0.824. The fourth-order valence-corrected chi connectivity index (χ4v) is 1.52. The van der Waals surface area contributed by atoms with Gasteiger partial charge >= 0.3 is 5.97 Å². The van der Waals surface area contributed by atoms with E-state index in [0.717, 1.165) is 0 Å². The Bertz CT molecular complexity index is 298. The summed E-state index contributed by atoms with van der Waals surface area (Å²) in [7, 11) is 1.35. The molecule has 0 saturated heterocycles. The number of esters is 1. The topological polar surface area (TPSA) is 81.7 Å². The zero-order valence-corrected chi connectivity index (χ0v) is 15.2. The van der Waals surface area contributed by atoms with Crippen LogP contribution >= 0.6 is 0 Å². The minimum Gasteiger partial charge on any atom is -0.469 e. The van der Waals surface area contributed by atoms with Crippen LogP contribution in [0.2, 0.25) is 0 Å². The standard InChI is InChI=1S/C17H32O8/c1-3-5-20-7-9-22-11-13-24-15-16-25-14-12-23-10-8-21-6-4-17(18)19-2/h3H,1,4-16H2,2H3. The predicted octanol–water partition coefficient (Wildman–Crippen LogP) is 0.835. The van der Waals surface area contributed by atoms with Gasteiger partial charge in [0.1, 0.15) is 0 Å². The van der Waals surface area contributed by atoms with Crippen molar-refractivity contribution >= 4 is 5.97 Å². The zero-order valence-electron chi connectivity index (χ0n) is 15.2. The maximum absolute atomic E-state index is 10.8. The molecule has 0 aliphatic carbocycles. The first-order chi connectivity index (χ1) is 12.3. The number of carbonyl (C=O) groups is 1. The second-order valence-corrected chi connectivity index (χ2v) is 4.75. The predicted molar refractivity (Wildman–Crippen MR) is 91.7 cm³/mol. The summed E-state index contributed by atoms with van der Waals surface area (Å²) in [4.78, 5) is 10.8. The largest absolute Gasteiger partial charge is 0.469 e. The summed E-state index contributed by atoms with van der Waals surface area (Å²) in [6, 6.07) is 0. The van der Waals surface area contributed by atoms with Crippen molar-refractivity contribution in [2.24, 2.45) is 0 Å². The molecule has 0 radical (unpaired) electrons. The minimum absolute atomic E-state index is 0.258. The lowest BCUT2D eigenvalue weighted by Gasteiger charge is -2.08. The molecule has 0 amide bonds. The second kappa shape index (κ2) is 21.0. The molecule has 0 spiro atoms. The summed E-state index contributed by atoms with van der Waals surface area (Å²) < 4.78 is 36.2. The lowest BCUT2D eigenvalue weighted by molar-refractivity contribution is -0.141. The Morgan fingerprint density at radius 1 is 0.680 bits per heavy atom. The third-order valence-corrected chi connectivity index (χ3v) is 2.77. The monoisotopic (exact) mass is 364 g/mol. The summed E-state index contributed by atoms with van der Waals surface area (Å²) >= 11 is 0. The molecular formula is C17H32O8. The van der Waals surface area contributed by atoms with Crippen molar-refractivity contribution in [3.63, 3.8) is 0 Å². The van der Waals surface area contributed by atoms with Gasteiger partial charge < -0.3 is 33.2 Å². The van der Waals surface area contributed by atoms with Crippen LogP contribution in [-0.4, -0.2) is 92.4 Å². The quantitative estimate of drug-likeness (QED) is 0.179. The third kappa shape index (κ3) is 20.9. The Morgan fingerprint density at radius 2 is 1.04 bits per heavy atom. The van der Waals surface area contributed by atoms with Crippen molar-refractivity contribution in [1.82, 2.24) is 0 Å². The van der Waals surface area contributed by atoms with Gasteiger partial charge in [-0.25, -0.2) is 0 Å². The number of hydrogen-bond acceptors (Lipinski definition) is 8. The average Bonchev–Trinajstić information content (AvgIpc) is 2.63. The smallest absolute Gasteiger partial charge is 0.307 e. The van der Waals surface area contributed by atoms with Gasteiger partial charge in [0.2, 0.25) is 0 Å². The maximum Gasteiger partial charge on any atom is 0.307 e. The molecule has 0 aromatic carbocycles. The SMILES string of the molecule is C=CCOCCOCCOCCOCCOCCOCCC(=O)OC. The Balaban J connectivity index is 3.00. The number of carbonyl (C=O) groups excluding carboxylic acids is 1. The van der Waals surface area contributed by atoms with E-state index in [0.29, 0.717) is 79.3 Å². The molecule has 0 aromatic rings. The Morgan fingerprint density at radius 3 is 1.40 bits per heavy atom. The van der Waals surface area contributed by atoms with Crippen molar-refractivity contribution in [3.8, 4) is 0 Å². The Kier molecular flexibility index (Phi) is 20.1. The molecule has 0 aromatic heterocycles. The van der Waals surface area contributed by atoms with Gasteiger partial charge in [-0.05, 0) is 0 Å². The summed E-state index contributed by atoms with van der Waals surface area (Å²) in [5, 5.41) is 0.